The predicted molar refractivity (Wildman–Crippen MR) is 55.9 cm³/mol. The Kier molecular flexibility index (Phi) is 4.23. The second kappa shape index (κ2) is 5.45. The van der Waals surface area contributed by atoms with Gasteiger partial charge in [0, 0.05) is 13.0 Å². The van der Waals surface area contributed by atoms with E-state index in [9.17, 15) is 4.79 Å². The molecule has 84 valence electrons. The van der Waals surface area contributed by atoms with Crippen LogP contribution in [0.2, 0.25) is 0 Å². The maximum Gasteiger partial charge on any atom is 0.237 e. The van der Waals surface area contributed by atoms with Crippen LogP contribution in [-0.2, 0) is 11.2 Å². The molecule has 0 aromatic carbocycles. The number of hydrogen-bond donors (Lipinski definition) is 3. The van der Waals surface area contributed by atoms with Crippen LogP contribution in [0.4, 0.5) is 0 Å². The summed E-state index contributed by atoms with van der Waals surface area (Å²) in [6, 6.07) is -0.445. The Bertz CT molecular complexity index is 295. The summed E-state index contributed by atoms with van der Waals surface area (Å²) in [5.41, 5.74) is 5.67. The molecule has 0 saturated heterocycles. The molecular weight excluding hydrogens is 194 g/mol. The largest absolute Gasteiger partial charge is 0.354 e. The van der Waals surface area contributed by atoms with E-state index in [1.165, 1.54) is 6.33 Å². The lowest BCUT2D eigenvalue weighted by atomic mass is 10.1. The van der Waals surface area contributed by atoms with Gasteiger partial charge in [-0.25, -0.2) is 4.98 Å². The third-order valence-electron chi connectivity index (χ3n) is 2.15. The van der Waals surface area contributed by atoms with E-state index < -0.39 is 6.04 Å². The van der Waals surface area contributed by atoms with E-state index in [0.717, 1.165) is 5.82 Å². The van der Waals surface area contributed by atoms with Gasteiger partial charge in [0.25, 0.3) is 0 Å². The first-order valence-corrected chi connectivity index (χ1v) is 4.98. The number of carbonyl (C=O) groups is 1. The number of aromatic nitrogens is 3. The summed E-state index contributed by atoms with van der Waals surface area (Å²) in [5, 5.41) is 9.18. The molecule has 1 heterocycles. The molecular formula is C9H17N5O. The van der Waals surface area contributed by atoms with Crippen molar-refractivity contribution in [3.63, 3.8) is 0 Å². The smallest absolute Gasteiger partial charge is 0.237 e. The zero-order valence-corrected chi connectivity index (χ0v) is 9.03. The molecule has 6 heteroatoms. The van der Waals surface area contributed by atoms with Crippen molar-refractivity contribution in [3.8, 4) is 0 Å². The Hall–Kier alpha value is -1.43. The molecule has 1 aromatic heterocycles. The summed E-state index contributed by atoms with van der Waals surface area (Å²) in [4.78, 5) is 15.4. The van der Waals surface area contributed by atoms with Crippen LogP contribution in [0.15, 0.2) is 6.33 Å². The van der Waals surface area contributed by atoms with E-state index in [0.29, 0.717) is 13.0 Å². The first-order valence-electron chi connectivity index (χ1n) is 4.98. The van der Waals surface area contributed by atoms with Gasteiger partial charge < -0.3 is 11.1 Å². The molecule has 15 heavy (non-hydrogen) atoms. The minimum Gasteiger partial charge on any atom is -0.354 e. The van der Waals surface area contributed by atoms with Crippen molar-refractivity contribution in [1.29, 1.82) is 0 Å². The molecule has 0 fully saturated rings. The first-order chi connectivity index (χ1) is 7.11. The lowest BCUT2D eigenvalue weighted by Crippen LogP contribution is -2.44. The van der Waals surface area contributed by atoms with Crippen LogP contribution < -0.4 is 11.1 Å². The van der Waals surface area contributed by atoms with Crippen molar-refractivity contribution < 1.29 is 4.79 Å². The molecule has 0 radical (unpaired) electrons. The topological polar surface area (TPSA) is 96.7 Å². The van der Waals surface area contributed by atoms with E-state index in [-0.39, 0.29) is 11.8 Å². The van der Waals surface area contributed by atoms with Gasteiger partial charge in [-0.1, -0.05) is 13.8 Å². The van der Waals surface area contributed by atoms with Gasteiger partial charge in [-0.3, -0.25) is 9.89 Å². The van der Waals surface area contributed by atoms with Crippen LogP contribution in [0, 0.1) is 5.92 Å². The zero-order valence-electron chi connectivity index (χ0n) is 9.03. The first kappa shape index (κ1) is 11.6. The summed E-state index contributed by atoms with van der Waals surface area (Å²) in [5.74, 6) is 0.785. The highest BCUT2D eigenvalue weighted by atomic mass is 16.2. The molecule has 0 aliphatic carbocycles. The fourth-order valence-corrected chi connectivity index (χ4v) is 1.08. The third-order valence-corrected chi connectivity index (χ3v) is 2.15. The molecule has 0 saturated carbocycles. The number of nitrogens with one attached hydrogen (secondary N) is 2. The molecule has 1 rings (SSSR count). The number of nitrogens with two attached hydrogens (primary N) is 1. The van der Waals surface area contributed by atoms with Gasteiger partial charge in [-0.05, 0) is 5.92 Å². The number of carbonyl (C=O) groups excluding carboxylic acids is 1. The van der Waals surface area contributed by atoms with Crippen LogP contribution in [0.5, 0.6) is 0 Å². The van der Waals surface area contributed by atoms with Gasteiger partial charge in [-0.15, -0.1) is 0 Å². The number of nitrogens with zero attached hydrogens (tertiary/aromatic N) is 2. The SMILES string of the molecule is CC(C)[C@H](N)C(=O)NCCc1ncn[nH]1. The van der Waals surface area contributed by atoms with Gasteiger partial charge in [0.05, 0.1) is 6.04 Å². The molecule has 0 bridgehead atoms. The second-order valence-electron chi connectivity index (χ2n) is 3.74. The molecule has 0 unspecified atom stereocenters. The summed E-state index contributed by atoms with van der Waals surface area (Å²) in [7, 11) is 0. The molecule has 0 aliphatic heterocycles. The van der Waals surface area contributed by atoms with Gasteiger partial charge in [0.1, 0.15) is 12.2 Å². The van der Waals surface area contributed by atoms with E-state index in [4.69, 9.17) is 5.73 Å². The highest BCUT2D eigenvalue weighted by Crippen LogP contribution is 1.97. The lowest BCUT2D eigenvalue weighted by Gasteiger charge is -2.14. The molecule has 4 N–H and O–H groups in total. The molecule has 1 aromatic rings. The van der Waals surface area contributed by atoms with Crippen molar-refractivity contribution in [2.75, 3.05) is 6.54 Å². The zero-order chi connectivity index (χ0) is 11.3. The molecule has 1 amide bonds. The Morgan fingerprint density at radius 1 is 1.67 bits per heavy atom. The number of rotatable bonds is 5. The lowest BCUT2D eigenvalue weighted by molar-refractivity contribution is -0.123. The summed E-state index contributed by atoms with van der Waals surface area (Å²) >= 11 is 0. The highest BCUT2D eigenvalue weighted by Gasteiger charge is 2.16. The summed E-state index contributed by atoms with van der Waals surface area (Å²) in [6.45, 7) is 4.36. The average molecular weight is 211 g/mol. The van der Waals surface area contributed by atoms with Crippen LogP contribution in [0.1, 0.15) is 19.7 Å². The number of amides is 1. The van der Waals surface area contributed by atoms with Gasteiger partial charge in [0.15, 0.2) is 0 Å². The van der Waals surface area contributed by atoms with Crippen molar-refractivity contribution in [1.82, 2.24) is 20.5 Å². The number of hydrogen-bond acceptors (Lipinski definition) is 4. The Morgan fingerprint density at radius 3 is 2.93 bits per heavy atom. The Morgan fingerprint density at radius 2 is 2.40 bits per heavy atom. The summed E-state index contributed by atoms with van der Waals surface area (Å²) < 4.78 is 0. The Labute approximate surface area is 88.7 Å². The van der Waals surface area contributed by atoms with E-state index in [1.54, 1.807) is 0 Å². The standard InChI is InChI=1S/C9H17N5O/c1-6(2)8(10)9(15)11-4-3-7-12-5-13-14-7/h5-6,8H,3-4,10H2,1-2H3,(H,11,15)(H,12,13,14)/t8-/m0/s1. The second-order valence-corrected chi connectivity index (χ2v) is 3.74. The highest BCUT2D eigenvalue weighted by molar-refractivity contribution is 5.81. The third kappa shape index (κ3) is 3.67. The monoisotopic (exact) mass is 211 g/mol. The van der Waals surface area contributed by atoms with Crippen molar-refractivity contribution in [2.24, 2.45) is 11.7 Å². The predicted octanol–water partition coefficient (Wildman–Crippen LogP) is -0.553. The van der Waals surface area contributed by atoms with Crippen LogP contribution >= 0.6 is 0 Å². The normalized spacial score (nSPS) is 12.8. The quantitative estimate of drug-likeness (QED) is 0.608. The number of aromatic amines is 1. The van der Waals surface area contributed by atoms with Gasteiger partial charge in [0.2, 0.25) is 5.91 Å². The fraction of sp³-hybridized carbons (Fsp3) is 0.667. The number of H-pyrrole nitrogens is 1. The van der Waals surface area contributed by atoms with Crippen molar-refractivity contribution in [2.45, 2.75) is 26.3 Å². The maximum atomic E-state index is 11.4. The van der Waals surface area contributed by atoms with Crippen molar-refractivity contribution in [3.05, 3.63) is 12.2 Å². The van der Waals surface area contributed by atoms with E-state index >= 15 is 0 Å². The molecule has 1 atom stereocenters. The maximum absolute atomic E-state index is 11.4. The fourth-order valence-electron chi connectivity index (χ4n) is 1.08. The summed E-state index contributed by atoms with van der Waals surface area (Å²) in [6.07, 6.45) is 2.08. The van der Waals surface area contributed by atoms with Crippen molar-refractivity contribution >= 4 is 5.91 Å². The van der Waals surface area contributed by atoms with Crippen LogP contribution in [0.25, 0.3) is 0 Å². The average Bonchev–Trinajstić information content (AvgIpc) is 2.69. The molecule has 0 spiro atoms. The minimum atomic E-state index is -0.445. The van der Waals surface area contributed by atoms with Gasteiger partial charge in [-0.2, -0.15) is 5.10 Å². The van der Waals surface area contributed by atoms with Gasteiger partial charge >= 0.3 is 0 Å². The Balaban J connectivity index is 2.23. The van der Waals surface area contributed by atoms with Crippen LogP contribution in [-0.4, -0.2) is 33.7 Å². The minimum absolute atomic E-state index is 0.121. The van der Waals surface area contributed by atoms with E-state index in [2.05, 4.69) is 20.5 Å². The van der Waals surface area contributed by atoms with Crippen LogP contribution in [0.3, 0.4) is 0 Å². The van der Waals surface area contributed by atoms with E-state index in [1.807, 2.05) is 13.8 Å². The molecule has 6 nitrogen and oxygen atoms in total. The molecule has 0 aliphatic rings.